The number of nitrogens with two attached hydrogens (primary N) is 1. The van der Waals surface area contributed by atoms with E-state index in [0.29, 0.717) is 0 Å². The monoisotopic (exact) mass is 261 g/mol. The zero-order valence-electron chi connectivity index (χ0n) is 11.9. The molecule has 3 N–H and O–H groups in total. The van der Waals surface area contributed by atoms with Crippen LogP contribution in [-0.4, -0.2) is 17.1 Å². The number of carboxylic acids is 1. The highest BCUT2D eigenvalue weighted by Gasteiger charge is 2.46. The second kappa shape index (κ2) is 4.64. The van der Waals surface area contributed by atoms with Crippen molar-refractivity contribution in [2.45, 2.75) is 56.9 Å². The molecular weight excluding hydrogens is 238 g/mol. The van der Waals surface area contributed by atoms with Crippen molar-refractivity contribution in [3.63, 3.8) is 0 Å². The summed E-state index contributed by atoms with van der Waals surface area (Å²) in [7, 11) is 0. The Bertz CT molecular complexity index is 493. The highest BCUT2D eigenvalue weighted by molar-refractivity contribution is 5.70. The molecule has 0 saturated heterocycles. The summed E-state index contributed by atoms with van der Waals surface area (Å²) in [5.74, 6) is -0.771. The maximum atomic E-state index is 11.3. The zero-order chi connectivity index (χ0) is 14.3. The van der Waals surface area contributed by atoms with Crippen LogP contribution in [0.25, 0.3) is 0 Å². The Balaban J connectivity index is 2.61. The third-order valence-corrected chi connectivity index (χ3v) is 4.73. The first-order valence-electron chi connectivity index (χ1n) is 6.87. The molecule has 1 aromatic rings. The first-order valence-corrected chi connectivity index (χ1v) is 6.87. The normalized spacial score (nSPS) is 26.5. The van der Waals surface area contributed by atoms with Gasteiger partial charge in [0.1, 0.15) is 0 Å². The largest absolute Gasteiger partial charge is 0.481 e. The van der Waals surface area contributed by atoms with Gasteiger partial charge in [-0.15, -0.1) is 0 Å². The number of fused-ring (bicyclic) bond motifs is 1. The minimum absolute atomic E-state index is 0.0908. The Hall–Kier alpha value is -1.35. The maximum absolute atomic E-state index is 11.3. The van der Waals surface area contributed by atoms with E-state index < -0.39 is 11.4 Å². The average Bonchev–Trinajstić information content (AvgIpc) is 2.33. The molecule has 0 saturated carbocycles. The van der Waals surface area contributed by atoms with Gasteiger partial charge >= 0.3 is 5.97 Å². The predicted octanol–water partition coefficient (Wildman–Crippen LogP) is 2.82. The molecule has 1 aromatic carbocycles. The summed E-state index contributed by atoms with van der Waals surface area (Å²) in [6, 6.07) is 8.02. The summed E-state index contributed by atoms with van der Waals surface area (Å²) in [4.78, 5) is 11.3. The topological polar surface area (TPSA) is 63.3 Å². The first-order chi connectivity index (χ1) is 8.79. The van der Waals surface area contributed by atoms with Crippen molar-refractivity contribution < 1.29 is 9.90 Å². The van der Waals surface area contributed by atoms with Crippen LogP contribution in [0.4, 0.5) is 0 Å². The van der Waals surface area contributed by atoms with Gasteiger partial charge < -0.3 is 10.8 Å². The molecule has 3 heteroatoms. The minimum atomic E-state index is -0.771. The van der Waals surface area contributed by atoms with E-state index in [1.165, 1.54) is 5.56 Å². The van der Waals surface area contributed by atoms with Gasteiger partial charge in [0, 0.05) is 11.5 Å². The second-order valence-corrected chi connectivity index (χ2v) is 6.44. The summed E-state index contributed by atoms with van der Waals surface area (Å²) in [6.45, 7) is 6.37. The maximum Gasteiger partial charge on any atom is 0.304 e. The molecule has 0 spiro atoms. The molecule has 0 bridgehead atoms. The fourth-order valence-corrected chi connectivity index (χ4v) is 3.40. The van der Waals surface area contributed by atoms with Gasteiger partial charge in [-0.25, -0.2) is 0 Å². The molecule has 104 valence electrons. The van der Waals surface area contributed by atoms with Crippen molar-refractivity contribution >= 4 is 5.97 Å². The number of hydrogen-bond acceptors (Lipinski definition) is 2. The van der Waals surface area contributed by atoms with Crippen molar-refractivity contribution in [3.05, 3.63) is 35.4 Å². The average molecular weight is 261 g/mol. The van der Waals surface area contributed by atoms with Crippen LogP contribution in [0.15, 0.2) is 24.3 Å². The van der Waals surface area contributed by atoms with E-state index >= 15 is 0 Å². The molecule has 2 unspecified atom stereocenters. The molecule has 2 rings (SSSR count). The fraction of sp³-hybridized carbons (Fsp3) is 0.562. The Kier molecular flexibility index (Phi) is 3.43. The molecule has 0 aliphatic heterocycles. The first kappa shape index (κ1) is 14.1. The van der Waals surface area contributed by atoms with E-state index in [9.17, 15) is 9.90 Å². The Morgan fingerprint density at radius 3 is 2.42 bits per heavy atom. The molecule has 0 radical (unpaired) electrons. The summed E-state index contributed by atoms with van der Waals surface area (Å²) < 4.78 is 0. The van der Waals surface area contributed by atoms with Gasteiger partial charge in [-0.3, -0.25) is 4.79 Å². The number of benzene rings is 1. The number of carbonyl (C=O) groups is 1. The summed E-state index contributed by atoms with van der Waals surface area (Å²) in [5, 5.41) is 9.28. The van der Waals surface area contributed by atoms with Crippen molar-refractivity contribution in [1.82, 2.24) is 0 Å². The quantitative estimate of drug-likeness (QED) is 0.879. The predicted molar refractivity (Wildman–Crippen MR) is 76.3 cm³/mol. The number of aliphatic carboxylic acids is 1. The highest BCUT2D eigenvalue weighted by atomic mass is 16.4. The van der Waals surface area contributed by atoms with Gasteiger partial charge in [0.2, 0.25) is 0 Å². The lowest BCUT2D eigenvalue weighted by Gasteiger charge is -2.47. The van der Waals surface area contributed by atoms with Crippen molar-refractivity contribution in [1.29, 1.82) is 0 Å². The van der Waals surface area contributed by atoms with Crippen LogP contribution in [0.5, 0.6) is 0 Å². The third-order valence-electron chi connectivity index (χ3n) is 4.73. The molecule has 1 aliphatic carbocycles. The molecule has 19 heavy (non-hydrogen) atoms. The van der Waals surface area contributed by atoms with E-state index in [4.69, 9.17) is 5.73 Å². The van der Waals surface area contributed by atoms with E-state index in [0.717, 1.165) is 18.4 Å². The van der Waals surface area contributed by atoms with E-state index in [1.54, 1.807) is 0 Å². The van der Waals surface area contributed by atoms with Crippen molar-refractivity contribution in [2.24, 2.45) is 5.73 Å². The van der Waals surface area contributed by atoms with Crippen LogP contribution in [0.2, 0.25) is 0 Å². The Morgan fingerprint density at radius 1 is 1.32 bits per heavy atom. The molecule has 2 atom stereocenters. The van der Waals surface area contributed by atoms with Gasteiger partial charge in [0.15, 0.2) is 0 Å². The molecule has 1 aliphatic rings. The summed E-state index contributed by atoms with van der Waals surface area (Å²) >= 11 is 0. The van der Waals surface area contributed by atoms with Crippen LogP contribution in [0, 0.1) is 0 Å². The fourth-order valence-electron chi connectivity index (χ4n) is 3.40. The van der Waals surface area contributed by atoms with Crippen molar-refractivity contribution in [2.75, 3.05) is 0 Å². The Morgan fingerprint density at radius 2 is 1.89 bits per heavy atom. The van der Waals surface area contributed by atoms with Crippen LogP contribution in [0.1, 0.15) is 51.2 Å². The van der Waals surface area contributed by atoms with Gasteiger partial charge in [0.05, 0.1) is 6.42 Å². The lowest BCUT2D eigenvalue weighted by Crippen LogP contribution is -2.49. The number of hydrogen-bond donors (Lipinski definition) is 2. The SMILES string of the molecule is CC(N)C1(CC(=O)O)CCC(C)(C)c2ccccc21. The zero-order valence-corrected chi connectivity index (χ0v) is 11.9. The van der Waals surface area contributed by atoms with Gasteiger partial charge in [0.25, 0.3) is 0 Å². The van der Waals surface area contributed by atoms with Gasteiger partial charge in [-0.1, -0.05) is 38.1 Å². The molecule has 0 heterocycles. The molecule has 0 fully saturated rings. The van der Waals surface area contributed by atoms with Gasteiger partial charge in [-0.05, 0) is 36.3 Å². The van der Waals surface area contributed by atoms with Gasteiger partial charge in [-0.2, -0.15) is 0 Å². The van der Waals surface area contributed by atoms with Crippen molar-refractivity contribution in [3.8, 4) is 0 Å². The third kappa shape index (κ3) is 2.27. The summed E-state index contributed by atoms with van der Waals surface area (Å²) in [5.41, 5.74) is 8.23. The molecule has 0 amide bonds. The van der Waals surface area contributed by atoms with E-state index in [1.807, 2.05) is 19.1 Å². The van der Waals surface area contributed by atoms with Crippen LogP contribution >= 0.6 is 0 Å². The smallest absolute Gasteiger partial charge is 0.304 e. The molecule has 0 aromatic heterocycles. The lowest BCUT2D eigenvalue weighted by molar-refractivity contribution is -0.139. The molecule has 3 nitrogen and oxygen atoms in total. The highest BCUT2D eigenvalue weighted by Crippen LogP contribution is 2.48. The van der Waals surface area contributed by atoms with E-state index in [-0.39, 0.29) is 17.9 Å². The van der Waals surface area contributed by atoms with Crippen LogP contribution < -0.4 is 5.73 Å². The molecular formula is C16H23NO2. The van der Waals surface area contributed by atoms with E-state index in [2.05, 4.69) is 26.0 Å². The number of rotatable bonds is 3. The second-order valence-electron chi connectivity index (χ2n) is 6.44. The summed E-state index contributed by atoms with van der Waals surface area (Å²) in [6.07, 6.45) is 1.91. The Labute approximate surface area is 114 Å². The lowest BCUT2D eigenvalue weighted by atomic mass is 9.58. The standard InChI is InChI=1S/C16H23NO2/c1-11(17)16(10-14(18)19)9-8-15(2,3)12-6-4-5-7-13(12)16/h4-7,11H,8-10,17H2,1-3H3,(H,18,19). The van der Waals surface area contributed by atoms with Crippen LogP contribution in [-0.2, 0) is 15.6 Å². The van der Waals surface area contributed by atoms with Crippen LogP contribution in [0.3, 0.4) is 0 Å². The minimum Gasteiger partial charge on any atom is -0.481 e. The number of carboxylic acid groups (broad SMARTS) is 1.